The van der Waals surface area contributed by atoms with Gasteiger partial charge in [-0.3, -0.25) is 5.01 Å². The molecule has 6 heteroatoms. The van der Waals surface area contributed by atoms with Crippen LogP contribution in [0.15, 0.2) is 83.9 Å². The molecule has 3 aliphatic carbocycles. The first-order valence-corrected chi connectivity index (χ1v) is 14.7. The zero-order valence-corrected chi connectivity index (χ0v) is 25.2. The van der Waals surface area contributed by atoms with Crippen molar-refractivity contribution in [2.24, 2.45) is 10.8 Å². The standard InChI is InChI=1S/C24H33FN4.C10H16O/c1-7-9-17(2)24(29-19(4)12-13-27-29)14-18(3)20(5)26-16-22-10-8-11-23(15-22)28-21(6)25;1-9-2-5-10(8-11,6-3-9)7-4-9/h8-12,14-15,21,26-28H,3,5,7,13,16H2,1-2,4,6H3;8H,2-7H2,1H3/b17-9?,24-14-;. The van der Waals surface area contributed by atoms with Crippen LogP contribution in [0.4, 0.5) is 10.1 Å². The van der Waals surface area contributed by atoms with E-state index in [0.29, 0.717) is 12.0 Å². The minimum Gasteiger partial charge on any atom is -0.381 e. The summed E-state index contributed by atoms with van der Waals surface area (Å²) < 4.78 is 13.2. The fourth-order valence-electron chi connectivity index (χ4n) is 5.70. The molecular weight excluding hydrogens is 499 g/mol. The number of carbonyl (C=O) groups is 1. The second kappa shape index (κ2) is 14.0. The second-order valence-corrected chi connectivity index (χ2v) is 12.0. The van der Waals surface area contributed by atoms with Crippen LogP contribution in [0.25, 0.3) is 0 Å². The van der Waals surface area contributed by atoms with Crippen LogP contribution in [0.3, 0.4) is 0 Å². The van der Waals surface area contributed by atoms with E-state index in [9.17, 15) is 9.18 Å². The quantitative estimate of drug-likeness (QED) is 0.148. The van der Waals surface area contributed by atoms with Gasteiger partial charge >= 0.3 is 0 Å². The lowest BCUT2D eigenvalue weighted by atomic mass is 9.55. The van der Waals surface area contributed by atoms with Crippen LogP contribution in [0.5, 0.6) is 0 Å². The van der Waals surface area contributed by atoms with Crippen molar-refractivity contribution in [3.8, 4) is 0 Å². The molecule has 2 bridgehead atoms. The number of hydrogen-bond acceptors (Lipinski definition) is 5. The molecule has 3 fully saturated rings. The van der Waals surface area contributed by atoms with Gasteiger partial charge in [0, 0.05) is 35.6 Å². The number of alkyl halides is 1. The van der Waals surface area contributed by atoms with E-state index in [1.54, 1.807) is 0 Å². The highest BCUT2D eigenvalue weighted by Gasteiger charge is 2.45. The van der Waals surface area contributed by atoms with Crippen molar-refractivity contribution in [1.82, 2.24) is 15.8 Å². The molecular formula is C34H49FN4O. The summed E-state index contributed by atoms with van der Waals surface area (Å²) in [4.78, 5) is 10.8. The molecule has 4 aliphatic rings. The van der Waals surface area contributed by atoms with Crippen molar-refractivity contribution in [2.75, 3.05) is 11.9 Å². The highest BCUT2D eigenvalue weighted by Crippen LogP contribution is 2.55. The number of carbonyl (C=O) groups excluding carboxylic acids is 1. The molecule has 0 radical (unpaired) electrons. The highest BCUT2D eigenvalue weighted by molar-refractivity contribution is 5.60. The smallest absolute Gasteiger partial charge is 0.167 e. The molecule has 1 heterocycles. The molecule has 40 heavy (non-hydrogen) atoms. The maximum Gasteiger partial charge on any atom is 0.167 e. The van der Waals surface area contributed by atoms with Gasteiger partial charge in [-0.2, -0.15) is 0 Å². The SMILES string of the molecule is C=C(/C=C(/C(C)=CCC)N1NCC=C1C)C(=C)NCc1cccc(NC(C)F)c1.CC12CCC(C=O)(CC1)CC2. The summed E-state index contributed by atoms with van der Waals surface area (Å²) >= 11 is 0. The van der Waals surface area contributed by atoms with Gasteiger partial charge in [-0.1, -0.05) is 45.2 Å². The minimum absolute atomic E-state index is 0.123. The summed E-state index contributed by atoms with van der Waals surface area (Å²) in [5.74, 6) is 0. The monoisotopic (exact) mass is 548 g/mol. The number of nitrogens with zero attached hydrogens (tertiary/aromatic N) is 1. The third-order valence-corrected chi connectivity index (χ3v) is 8.58. The first-order chi connectivity index (χ1) is 19.0. The van der Waals surface area contributed by atoms with Crippen LogP contribution in [0, 0.1) is 10.8 Å². The highest BCUT2D eigenvalue weighted by atomic mass is 19.1. The number of fused-ring (bicyclic) bond motifs is 3. The minimum atomic E-state index is -1.09. The summed E-state index contributed by atoms with van der Waals surface area (Å²) in [6.45, 7) is 19.9. The molecule has 5 nitrogen and oxygen atoms in total. The molecule has 5 rings (SSSR count). The Labute approximate surface area is 241 Å². The van der Waals surface area contributed by atoms with Gasteiger partial charge in [0.1, 0.15) is 6.29 Å². The van der Waals surface area contributed by atoms with Crippen LogP contribution in [0.2, 0.25) is 0 Å². The summed E-state index contributed by atoms with van der Waals surface area (Å²) in [7, 11) is 0. The van der Waals surface area contributed by atoms with E-state index in [2.05, 4.69) is 80.1 Å². The Morgan fingerprint density at radius 2 is 1.88 bits per heavy atom. The Kier molecular flexibility index (Phi) is 11.0. The van der Waals surface area contributed by atoms with Gasteiger partial charge in [0.05, 0.1) is 5.70 Å². The van der Waals surface area contributed by atoms with Crippen molar-refractivity contribution in [1.29, 1.82) is 0 Å². The Bertz CT molecular complexity index is 1140. The van der Waals surface area contributed by atoms with Crippen molar-refractivity contribution in [3.63, 3.8) is 0 Å². The van der Waals surface area contributed by atoms with E-state index in [0.717, 1.165) is 66.1 Å². The summed E-state index contributed by atoms with van der Waals surface area (Å²) in [5, 5.41) is 8.19. The van der Waals surface area contributed by atoms with E-state index in [4.69, 9.17) is 0 Å². The molecule has 1 unspecified atom stereocenters. The molecule has 0 amide bonds. The summed E-state index contributed by atoms with van der Waals surface area (Å²) in [6.07, 6.45) is 14.8. The van der Waals surface area contributed by atoms with Crippen molar-refractivity contribution in [2.45, 2.75) is 92.4 Å². The molecule has 1 atom stereocenters. The zero-order valence-electron chi connectivity index (χ0n) is 25.2. The fraction of sp³-hybridized carbons (Fsp3) is 0.500. The van der Waals surface area contributed by atoms with Gasteiger partial charge in [0.25, 0.3) is 0 Å². The van der Waals surface area contributed by atoms with Gasteiger partial charge in [-0.25, -0.2) is 9.82 Å². The molecule has 3 N–H and O–H groups in total. The number of hydrogen-bond donors (Lipinski definition) is 3. The van der Waals surface area contributed by atoms with E-state index >= 15 is 0 Å². The number of benzene rings is 1. The normalized spacial score (nSPS) is 24.9. The lowest BCUT2D eigenvalue weighted by Crippen LogP contribution is -2.40. The van der Waals surface area contributed by atoms with E-state index < -0.39 is 6.30 Å². The van der Waals surface area contributed by atoms with E-state index in [1.165, 1.54) is 38.0 Å². The van der Waals surface area contributed by atoms with Crippen LogP contribution in [0.1, 0.15) is 85.1 Å². The van der Waals surface area contributed by atoms with Crippen molar-refractivity contribution in [3.05, 3.63) is 89.5 Å². The predicted molar refractivity (Wildman–Crippen MR) is 166 cm³/mol. The molecule has 0 spiro atoms. The third kappa shape index (κ3) is 8.44. The Hall–Kier alpha value is -3.12. The van der Waals surface area contributed by atoms with Gasteiger partial charge in [-0.15, -0.1) is 0 Å². The first kappa shape index (κ1) is 31.4. The number of allylic oxidation sites excluding steroid dienone is 4. The maximum atomic E-state index is 13.2. The van der Waals surface area contributed by atoms with Crippen LogP contribution >= 0.6 is 0 Å². The topological polar surface area (TPSA) is 56.4 Å². The number of halogens is 1. The first-order valence-electron chi connectivity index (χ1n) is 14.7. The fourth-order valence-corrected chi connectivity index (χ4v) is 5.70. The van der Waals surface area contributed by atoms with Gasteiger partial charge < -0.3 is 15.4 Å². The van der Waals surface area contributed by atoms with Crippen molar-refractivity contribution < 1.29 is 9.18 Å². The van der Waals surface area contributed by atoms with Gasteiger partial charge in [0.2, 0.25) is 0 Å². The second-order valence-electron chi connectivity index (χ2n) is 12.0. The average molecular weight is 549 g/mol. The average Bonchev–Trinajstić information content (AvgIpc) is 3.36. The lowest BCUT2D eigenvalue weighted by molar-refractivity contribution is -0.124. The van der Waals surface area contributed by atoms with Crippen LogP contribution in [-0.4, -0.2) is 24.1 Å². The summed E-state index contributed by atoms with van der Waals surface area (Å²) in [5.41, 5.74) is 10.9. The molecule has 1 aromatic carbocycles. The van der Waals surface area contributed by atoms with Crippen LogP contribution < -0.4 is 16.1 Å². The molecule has 218 valence electrons. The van der Waals surface area contributed by atoms with E-state index in [-0.39, 0.29) is 5.41 Å². The zero-order chi connectivity index (χ0) is 29.3. The van der Waals surface area contributed by atoms with Gasteiger partial charge in [0.15, 0.2) is 6.30 Å². The van der Waals surface area contributed by atoms with Crippen LogP contribution in [-0.2, 0) is 11.3 Å². The number of nitrogens with one attached hydrogen (secondary N) is 3. The molecule has 1 aliphatic heterocycles. The number of rotatable bonds is 11. The summed E-state index contributed by atoms with van der Waals surface area (Å²) in [6, 6.07) is 7.68. The van der Waals surface area contributed by atoms with Gasteiger partial charge in [-0.05, 0) is 112 Å². The third-order valence-electron chi connectivity index (χ3n) is 8.58. The Morgan fingerprint density at radius 1 is 1.20 bits per heavy atom. The lowest BCUT2D eigenvalue weighted by Gasteiger charge is -2.49. The molecule has 3 saturated carbocycles. The number of hydrazine groups is 1. The molecule has 0 aromatic heterocycles. The Morgan fingerprint density at radius 3 is 2.42 bits per heavy atom. The molecule has 0 saturated heterocycles. The molecule has 1 aromatic rings. The van der Waals surface area contributed by atoms with E-state index in [1.807, 2.05) is 24.3 Å². The number of anilines is 1. The number of aldehydes is 1. The maximum absolute atomic E-state index is 13.2. The van der Waals surface area contributed by atoms with Crippen molar-refractivity contribution >= 4 is 12.0 Å². The Balaban J connectivity index is 0.000000330. The largest absolute Gasteiger partial charge is 0.381 e. The predicted octanol–water partition coefficient (Wildman–Crippen LogP) is 8.08.